The Morgan fingerprint density at radius 1 is 0.724 bits per heavy atom. The maximum absolute atomic E-state index is 2.54. The van der Waals surface area contributed by atoms with Crippen LogP contribution in [-0.4, -0.2) is 5.49 Å². The van der Waals surface area contributed by atoms with Crippen molar-refractivity contribution < 1.29 is 23.0 Å². The second-order valence-corrected chi connectivity index (χ2v) is 22.5. The van der Waals surface area contributed by atoms with Crippen molar-refractivity contribution in [2.45, 2.75) is 53.6 Å². The van der Waals surface area contributed by atoms with Crippen LogP contribution in [0.3, 0.4) is 0 Å². The zero-order chi connectivity index (χ0) is 20.7. The van der Waals surface area contributed by atoms with E-state index in [0.717, 1.165) is 47.3 Å². The maximum Gasteiger partial charge on any atom is -0.147 e. The molecule has 2 fully saturated rings. The van der Waals surface area contributed by atoms with E-state index in [1.54, 1.807) is 0 Å². The van der Waals surface area contributed by atoms with Crippen molar-refractivity contribution in [2.24, 2.45) is 47.3 Å². The van der Waals surface area contributed by atoms with Gasteiger partial charge in [0.05, 0.1) is 0 Å². The van der Waals surface area contributed by atoms with Gasteiger partial charge in [0, 0.05) is 0 Å². The summed E-state index contributed by atoms with van der Waals surface area (Å²) in [6.07, 6.45) is 26.0. The van der Waals surface area contributed by atoms with Crippen molar-refractivity contribution in [3.8, 4) is 0 Å². The van der Waals surface area contributed by atoms with E-state index in [0.29, 0.717) is 0 Å². The minimum atomic E-state index is 0. The first-order valence-corrected chi connectivity index (χ1v) is 19.1. The van der Waals surface area contributed by atoms with Crippen molar-refractivity contribution in [2.75, 3.05) is 0 Å². The van der Waals surface area contributed by atoms with E-state index in [1.807, 2.05) is 0 Å². The maximum atomic E-state index is 2.54. The zero-order valence-corrected chi connectivity index (χ0v) is 24.6. The molecule has 4 aliphatic rings. The Bertz CT molecular complexity index is 524. The van der Waals surface area contributed by atoms with Crippen LogP contribution < -0.4 is 0 Å². The monoisotopic (exact) mass is 596 g/mol. The van der Waals surface area contributed by atoms with Crippen LogP contribution in [0.5, 0.6) is 0 Å². The molecule has 2 saturated carbocycles. The summed E-state index contributed by atoms with van der Waals surface area (Å²) < 4.78 is 0. The summed E-state index contributed by atoms with van der Waals surface area (Å²) in [7, 11) is 0. The van der Waals surface area contributed by atoms with Gasteiger partial charge in [0.15, 0.2) is 0 Å². The fourth-order valence-electron chi connectivity index (χ4n) is 4.57. The fraction of sp³-hybridized carbons (Fsp3) is 0.615. The molecule has 0 N–H and O–H groups in total. The predicted octanol–water partition coefficient (Wildman–Crippen LogP) is 7.66. The van der Waals surface area contributed by atoms with E-state index in [4.69, 9.17) is 0 Å². The molecule has 3 heteroatoms. The molecule has 0 aromatic heterocycles. The summed E-state index contributed by atoms with van der Waals surface area (Å²) in [6.45, 7) is 14.0. The van der Waals surface area contributed by atoms with Crippen LogP contribution in [-0.2, 0) is 23.0 Å². The van der Waals surface area contributed by atoms with Gasteiger partial charge in [-0.1, -0.05) is 88.8 Å². The van der Waals surface area contributed by atoms with Crippen molar-refractivity contribution in [1.82, 2.24) is 0 Å². The molecular formula is C26H41ClHfSi. The Morgan fingerprint density at radius 2 is 1.03 bits per heavy atom. The van der Waals surface area contributed by atoms with Gasteiger partial charge in [0.1, 0.15) is 0 Å². The van der Waals surface area contributed by atoms with E-state index in [-0.39, 0.29) is 17.9 Å². The molecule has 0 amide bonds. The number of hydrogen-bond donors (Lipinski definition) is 0. The van der Waals surface area contributed by atoms with E-state index in [9.17, 15) is 0 Å². The van der Waals surface area contributed by atoms with Crippen LogP contribution in [0.2, 0.25) is 13.1 Å². The molecular weight excluding hydrogens is 554 g/mol. The van der Waals surface area contributed by atoms with Crippen LogP contribution in [0.25, 0.3) is 0 Å². The standard InChI is InChI=1S/2C12H17.C2H6Si.ClH.Hf/c2*1-9(2)12-7-10-5-3-4-6-11(10)8-12;1-3-2;;/h2*3-7,9-12H,8H2,1-2H3;1-2H3;1H;/q2*-1;;;+2. The third kappa shape index (κ3) is 9.15. The summed E-state index contributed by atoms with van der Waals surface area (Å²) in [5, 5.41) is 0. The molecule has 0 aliphatic heterocycles. The Hall–Kier alpha value is 0.337. The number of hydrogen-bond acceptors (Lipinski definition) is 0. The molecule has 0 radical (unpaired) electrons. The van der Waals surface area contributed by atoms with E-state index in [1.165, 1.54) is 35.8 Å². The SMILES string of the molecule is CC(C)C1[CH-]C2C=CC=CC2C1.CC(C)C1[CH-]C2C=CC=CC2C1.C[Si](C)=[Hf+2].Cl. The van der Waals surface area contributed by atoms with Gasteiger partial charge in [-0.15, -0.1) is 36.4 Å². The molecule has 4 rings (SSSR count). The smallest absolute Gasteiger partial charge is 0.147 e. The molecule has 6 unspecified atom stereocenters. The van der Waals surface area contributed by atoms with Crippen molar-refractivity contribution in [3.05, 3.63) is 61.4 Å². The number of halogens is 1. The average molecular weight is 596 g/mol. The third-order valence-electron chi connectivity index (χ3n) is 6.33. The van der Waals surface area contributed by atoms with Crippen molar-refractivity contribution >= 4 is 17.9 Å². The largest absolute Gasteiger partial charge is 0.147 e. The van der Waals surface area contributed by atoms with E-state index in [2.05, 4.69) is 102 Å². The molecule has 160 valence electrons. The first-order chi connectivity index (χ1) is 13.3. The summed E-state index contributed by atoms with van der Waals surface area (Å²) in [6, 6.07) is 0. The summed E-state index contributed by atoms with van der Waals surface area (Å²) >= 11 is 1.45. The Morgan fingerprint density at radius 3 is 1.31 bits per heavy atom. The average Bonchev–Trinajstić information content (AvgIpc) is 3.26. The minimum absolute atomic E-state index is 0. The summed E-state index contributed by atoms with van der Waals surface area (Å²) in [5.74, 6) is 6.41. The molecule has 0 aromatic carbocycles. The normalized spacial score (nSPS) is 33.3. The number of rotatable bonds is 2. The van der Waals surface area contributed by atoms with E-state index < -0.39 is 0 Å². The second-order valence-electron chi connectivity index (χ2n) is 9.69. The first kappa shape index (κ1) is 27.4. The number of allylic oxidation sites excluding steroid dienone is 8. The van der Waals surface area contributed by atoms with Crippen molar-refractivity contribution in [3.63, 3.8) is 0 Å². The zero-order valence-electron chi connectivity index (χ0n) is 19.2. The Labute approximate surface area is 202 Å². The van der Waals surface area contributed by atoms with Crippen LogP contribution in [0.1, 0.15) is 40.5 Å². The van der Waals surface area contributed by atoms with E-state index >= 15 is 0 Å². The molecule has 0 heterocycles. The third-order valence-corrected chi connectivity index (χ3v) is 6.33. The topological polar surface area (TPSA) is 0 Å². The van der Waals surface area contributed by atoms with Gasteiger partial charge in [-0.3, -0.25) is 0 Å². The molecule has 0 aromatic rings. The quantitative estimate of drug-likeness (QED) is 0.227. The van der Waals surface area contributed by atoms with Crippen LogP contribution in [0.4, 0.5) is 0 Å². The van der Waals surface area contributed by atoms with Gasteiger partial charge in [-0.25, -0.2) is 0 Å². The molecule has 29 heavy (non-hydrogen) atoms. The predicted molar refractivity (Wildman–Crippen MR) is 130 cm³/mol. The van der Waals surface area contributed by atoms with Gasteiger partial charge in [0.25, 0.3) is 0 Å². The Kier molecular flexibility index (Phi) is 12.9. The molecule has 0 bridgehead atoms. The summed E-state index contributed by atoms with van der Waals surface area (Å²) in [4.78, 5) is 0. The van der Waals surface area contributed by atoms with Gasteiger partial charge in [-0.2, -0.15) is 11.8 Å². The molecule has 0 spiro atoms. The molecule has 6 atom stereocenters. The molecule has 0 nitrogen and oxygen atoms in total. The fourth-order valence-corrected chi connectivity index (χ4v) is 4.57. The molecule has 4 aliphatic carbocycles. The van der Waals surface area contributed by atoms with Gasteiger partial charge < -0.3 is 12.8 Å². The molecule has 0 saturated heterocycles. The van der Waals surface area contributed by atoms with Crippen LogP contribution in [0, 0.1) is 60.2 Å². The van der Waals surface area contributed by atoms with Crippen molar-refractivity contribution in [1.29, 1.82) is 0 Å². The van der Waals surface area contributed by atoms with Gasteiger partial charge >= 0.3 is 41.6 Å². The second kappa shape index (κ2) is 13.7. The van der Waals surface area contributed by atoms with Crippen LogP contribution >= 0.6 is 12.4 Å². The van der Waals surface area contributed by atoms with Gasteiger partial charge in [-0.05, 0) is 11.8 Å². The Balaban J connectivity index is 0.000000239. The number of fused-ring (bicyclic) bond motifs is 2. The van der Waals surface area contributed by atoms with Gasteiger partial charge in [0.2, 0.25) is 0 Å². The first-order valence-electron chi connectivity index (χ1n) is 11.2. The summed E-state index contributed by atoms with van der Waals surface area (Å²) in [5.41, 5.74) is 0.259. The van der Waals surface area contributed by atoms with Crippen LogP contribution in [0.15, 0.2) is 48.6 Å². The minimum Gasteiger partial charge on any atom is -0.147 e.